The molecule has 114 valence electrons. The van der Waals surface area contributed by atoms with Crippen LogP contribution in [0.3, 0.4) is 0 Å². The first kappa shape index (κ1) is 17.1. The van der Waals surface area contributed by atoms with E-state index in [-0.39, 0.29) is 13.2 Å². The molecule has 1 fully saturated rings. The van der Waals surface area contributed by atoms with Crippen LogP contribution in [0.1, 0.15) is 52.4 Å². The Kier molecular flexibility index (Phi) is 6.63. The molecule has 20 heavy (non-hydrogen) atoms. The molecule has 0 bridgehead atoms. The van der Waals surface area contributed by atoms with Crippen molar-refractivity contribution < 1.29 is 15.0 Å². The molecule has 1 aliphatic rings. The maximum absolute atomic E-state index is 12.3. The minimum Gasteiger partial charge on any atom is -0.396 e. The number of Topliss-reactive ketones (excluding diaryl/α,β-unsaturated/α-hetero) is 1. The highest BCUT2D eigenvalue weighted by Crippen LogP contribution is 2.48. The first-order valence-electron chi connectivity index (χ1n) is 7.55. The van der Waals surface area contributed by atoms with Crippen LogP contribution in [0.4, 0.5) is 0 Å². The van der Waals surface area contributed by atoms with E-state index in [0.29, 0.717) is 24.5 Å². The molecule has 0 aromatic heterocycles. The van der Waals surface area contributed by atoms with Gasteiger partial charge < -0.3 is 10.2 Å². The normalized spacial score (nSPS) is 27.1. The number of carbonyl (C=O) groups is 1. The second-order valence-electron chi connectivity index (χ2n) is 6.08. The molecule has 2 N–H and O–H groups in total. The van der Waals surface area contributed by atoms with E-state index < -0.39 is 5.41 Å². The largest absolute Gasteiger partial charge is 0.396 e. The highest BCUT2D eigenvalue weighted by molar-refractivity contribution is 5.89. The average Bonchev–Trinajstić information content (AvgIpc) is 2.73. The maximum Gasteiger partial charge on any atom is 0.143 e. The van der Waals surface area contributed by atoms with Crippen LogP contribution in [0.2, 0.25) is 0 Å². The predicted octanol–water partition coefficient (Wildman–Crippen LogP) is 3.02. The Bertz CT molecular complexity index is 384. The Labute approximate surface area is 122 Å². The summed E-state index contributed by atoms with van der Waals surface area (Å²) in [6.45, 7) is 8.30. The summed E-state index contributed by atoms with van der Waals surface area (Å²) in [6.07, 6.45) is 6.88. The van der Waals surface area contributed by atoms with Crippen molar-refractivity contribution in [1.82, 2.24) is 0 Å². The van der Waals surface area contributed by atoms with Gasteiger partial charge in [0.25, 0.3) is 0 Å². The van der Waals surface area contributed by atoms with E-state index in [9.17, 15) is 4.79 Å². The molecule has 0 saturated heterocycles. The van der Waals surface area contributed by atoms with Gasteiger partial charge >= 0.3 is 0 Å². The molecule has 0 amide bonds. The lowest BCUT2D eigenvalue weighted by atomic mass is 9.70. The molecule has 0 heterocycles. The summed E-state index contributed by atoms with van der Waals surface area (Å²) >= 11 is 0. The van der Waals surface area contributed by atoms with Crippen LogP contribution in [-0.4, -0.2) is 29.2 Å². The van der Waals surface area contributed by atoms with Gasteiger partial charge in [-0.2, -0.15) is 0 Å². The first-order chi connectivity index (χ1) is 9.46. The standard InChI is InChI=1S/C17H28O3/c1-13(12-19)6-4-8-15-9-10-16(20)17(15,3)14(2)7-5-11-18/h6,15,18-19H,2,4-5,7-12H2,1,3H3/b13-6+/t15-,17+/m0/s1. The highest BCUT2D eigenvalue weighted by atomic mass is 16.3. The van der Waals surface area contributed by atoms with Gasteiger partial charge in [-0.05, 0) is 51.9 Å². The van der Waals surface area contributed by atoms with Gasteiger partial charge in [0, 0.05) is 18.4 Å². The number of aliphatic hydroxyl groups excluding tert-OH is 2. The number of aliphatic hydroxyl groups is 2. The SMILES string of the molecule is C=C(CCCO)[C@@]1(C)C(=O)CC[C@@H]1CC/C=C(\C)CO. The van der Waals surface area contributed by atoms with Crippen LogP contribution < -0.4 is 0 Å². The van der Waals surface area contributed by atoms with Crippen molar-refractivity contribution >= 4 is 5.78 Å². The van der Waals surface area contributed by atoms with E-state index in [1.54, 1.807) is 0 Å². The van der Waals surface area contributed by atoms with Crippen LogP contribution in [0, 0.1) is 11.3 Å². The maximum atomic E-state index is 12.3. The van der Waals surface area contributed by atoms with Crippen molar-refractivity contribution in [3.63, 3.8) is 0 Å². The second kappa shape index (κ2) is 7.75. The number of allylic oxidation sites excluding steroid dienone is 2. The van der Waals surface area contributed by atoms with Crippen molar-refractivity contribution in [2.45, 2.75) is 52.4 Å². The molecule has 3 heteroatoms. The molecule has 3 nitrogen and oxygen atoms in total. The summed E-state index contributed by atoms with van der Waals surface area (Å²) in [6, 6.07) is 0. The monoisotopic (exact) mass is 280 g/mol. The fourth-order valence-corrected chi connectivity index (χ4v) is 3.15. The molecule has 0 aromatic carbocycles. The molecule has 0 aliphatic heterocycles. The minimum atomic E-state index is -0.421. The third-order valence-corrected chi connectivity index (χ3v) is 4.74. The van der Waals surface area contributed by atoms with Gasteiger partial charge in [-0.3, -0.25) is 4.79 Å². The zero-order valence-electron chi connectivity index (χ0n) is 12.8. The first-order valence-corrected chi connectivity index (χ1v) is 7.55. The van der Waals surface area contributed by atoms with Crippen molar-refractivity contribution in [3.8, 4) is 0 Å². The Morgan fingerprint density at radius 1 is 1.50 bits per heavy atom. The van der Waals surface area contributed by atoms with E-state index in [4.69, 9.17) is 10.2 Å². The number of carbonyl (C=O) groups excluding carboxylic acids is 1. The van der Waals surface area contributed by atoms with Crippen LogP contribution in [0.5, 0.6) is 0 Å². The van der Waals surface area contributed by atoms with Crippen LogP contribution in [0.15, 0.2) is 23.8 Å². The predicted molar refractivity (Wildman–Crippen MR) is 81.4 cm³/mol. The van der Waals surface area contributed by atoms with Crippen LogP contribution in [-0.2, 0) is 4.79 Å². The molecule has 0 radical (unpaired) electrons. The summed E-state index contributed by atoms with van der Waals surface area (Å²) in [5.41, 5.74) is 1.54. The van der Waals surface area contributed by atoms with E-state index >= 15 is 0 Å². The third kappa shape index (κ3) is 3.80. The number of hydrogen-bond donors (Lipinski definition) is 2. The van der Waals surface area contributed by atoms with Crippen LogP contribution >= 0.6 is 0 Å². The van der Waals surface area contributed by atoms with Crippen LogP contribution in [0.25, 0.3) is 0 Å². The van der Waals surface area contributed by atoms with Gasteiger partial charge in [-0.15, -0.1) is 0 Å². The number of rotatable bonds is 8. The highest BCUT2D eigenvalue weighted by Gasteiger charge is 2.46. The average molecular weight is 280 g/mol. The smallest absolute Gasteiger partial charge is 0.143 e. The molecule has 0 unspecified atom stereocenters. The van der Waals surface area contributed by atoms with Gasteiger partial charge in [0.1, 0.15) is 5.78 Å². The summed E-state index contributed by atoms with van der Waals surface area (Å²) in [5.74, 6) is 0.636. The molecule has 0 aromatic rings. The van der Waals surface area contributed by atoms with Crippen molar-refractivity contribution in [3.05, 3.63) is 23.8 Å². The molecule has 1 aliphatic carbocycles. The second-order valence-corrected chi connectivity index (χ2v) is 6.08. The number of ketones is 1. The Morgan fingerprint density at radius 3 is 2.80 bits per heavy atom. The van der Waals surface area contributed by atoms with Gasteiger partial charge in [0.15, 0.2) is 0 Å². The molecular weight excluding hydrogens is 252 g/mol. The van der Waals surface area contributed by atoms with Crippen molar-refractivity contribution in [2.75, 3.05) is 13.2 Å². The van der Waals surface area contributed by atoms with Gasteiger partial charge in [-0.1, -0.05) is 23.8 Å². The summed E-state index contributed by atoms with van der Waals surface area (Å²) in [5, 5.41) is 17.9. The van der Waals surface area contributed by atoms with Gasteiger partial charge in [0.05, 0.1) is 6.61 Å². The van der Waals surface area contributed by atoms with Gasteiger partial charge in [-0.25, -0.2) is 0 Å². The summed E-state index contributed by atoms with van der Waals surface area (Å²) in [7, 11) is 0. The molecule has 1 saturated carbocycles. The molecule has 1 rings (SSSR count). The lowest BCUT2D eigenvalue weighted by molar-refractivity contribution is -0.124. The third-order valence-electron chi connectivity index (χ3n) is 4.74. The summed E-state index contributed by atoms with van der Waals surface area (Å²) in [4.78, 5) is 12.3. The van der Waals surface area contributed by atoms with E-state index in [1.807, 2.05) is 13.8 Å². The lowest BCUT2D eigenvalue weighted by Crippen LogP contribution is -2.31. The fraction of sp³-hybridized carbons (Fsp3) is 0.706. The fourth-order valence-electron chi connectivity index (χ4n) is 3.15. The van der Waals surface area contributed by atoms with E-state index in [0.717, 1.165) is 36.8 Å². The Balaban J connectivity index is 2.69. The molecule has 0 spiro atoms. The zero-order valence-corrected chi connectivity index (χ0v) is 12.8. The van der Waals surface area contributed by atoms with Crippen molar-refractivity contribution in [1.29, 1.82) is 0 Å². The molecular formula is C17H28O3. The van der Waals surface area contributed by atoms with Gasteiger partial charge in [0.2, 0.25) is 0 Å². The van der Waals surface area contributed by atoms with E-state index in [2.05, 4.69) is 12.7 Å². The van der Waals surface area contributed by atoms with E-state index in [1.165, 1.54) is 0 Å². The Morgan fingerprint density at radius 2 is 2.20 bits per heavy atom. The topological polar surface area (TPSA) is 57.5 Å². The zero-order chi connectivity index (χ0) is 15.2. The Hall–Kier alpha value is -0.930. The van der Waals surface area contributed by atoms with Crippen molar-refractivity contribution in [2.24, 2.45) is 11.3 Å². The number of hydrogen-bond acceptors (Lipinski definition) is 3. The quantitative estimate of drug-likeness (QED) is 0.672. The minimum absolute atomic E-state index is 0.101. The summed E-state index contributed by atoms with van der Waals surface area (Å²) < 4.78 is 0. The lowest BCUT2D eigenvalue weighted by Gasteiger charge is -2.32. The molecule has 2 atom stereocenters.